The number of carbonyl (C=O) groups excluding carboxylic acids is 3. The summed E-state index contributed by atoms with van der Waals surface area (Å²) in [7, 11) is -3.69. The number of aromatic nitrogens is 2. The lowest BCUT2D eigenvalue weighted by atomic mass is 10.0. The molecule has 1 fully saturated rings. The largest absolute Gasteiger partial charge is 0.379 e. The third kappa shape index (κ3) is 5.26. The monoisotopic (exact) mass is 571 g/mol. The molecule has 0 unspecified atom stereocenters. The first kappa shape index (κ1) is 27.2. The Labute approximate surface area is 230 Å². The zero-order chi connectivity index (χ0) is 27.9. The van der Waals surface area contributed by atoms with Gasteiger partial charge in [0.1, 0.15) is 5.00 Å². The summed E-state index contributed by atoms with van der Waals surface area (Å²) in [6.07, 6.45) is 0.482. The van der Waals surface area contributed by atoms with Gasteiger partial charge in [-0.05, 0) is 56.2 Å². The minimum absolute atomic E-state index is 0.0572. The van der Waals surface area contributed by atoms with E-state index in [-0.39, 0.29) is 35.4 Å². The van der Waals surface area contributed by atoms with Crippen LogP contribution in [0.3, 0.4) is 0 Å². The highest BCUT2D eigenvalue weighted by molar-refractivity contribution is 7.89. The van der Waals surface area contributed by atoms with Gasteiger partial charge in [0.2, 0.25) is 15.9 Å². The van der Waals surface area contributed by atoms with Gasteiger partial charge in [0, 0.05) is 42.7 Å². The number of benzene rings is 1. The van der Waals surface area contributed by atoms with Crippen LogP contribution in [0.25, 0.3) is 0 Å². The Hall–Kier alpha value is -3.39. The van der Waals surface area contributed by atoms with Crippen LogP contribution in [0.5, 0.6) is 0 Å². The van der Waals surface area contributed by atoms with Crippen molar-refractivity contribution >= 4 is 44.1 Å². The fraction of sp³-hybridized carbons (Fsp3) is 0.385. The number of amides is 2. The Bertz CT molecular complexity index is 1550. The molecule has 1 N–H and O–H groups in total. The van der Waals surface area contributed by atoms with Crippen LogP contribution in [0, 0.1) is 13.8 Å². The van der Waals surface area contributed by atoms with E-state index < -0.39 is 15.9 Å². The van der Waals surface area contributed by atoms with Crippen molar-refractivity contribution in [2.45, 2.75) is 38.6 Å². The highest BCUT2D eigenvalue weighted by Crippen LogP contribution is 2.38. The molecule has 2 aliphatic rings. The fourth-order valence-corrected chi connectivity index (χ4v) is 7.47. The quantitative estimate of drug-likeness (QED) is 0.498. The summed E-state index contributed by atoms with van der Waals surface area (Å²) >= 11 is 1.27. The number of carbonyl (C=O) groups is 3. The SMILES string of the molecule is CC(=O)N1CCc2c(sc(NC(=O)c3ccc(S(=O)(=O)N4CCOCC4)cc3)c2C(=O)n2nc(C)cc2C)C1. The van der Waals surface area contributed by atoms with Crippen LogP contribution in [-0.2, 0) is 32.5 Å². The molecule has 0 aliphatic carbocycles. The van der Waals surface area contributed by atoms with Crippen molar-refractivity contribution in [2.75, 3.05) is 38.2 Å². The lowest BCUT2D eigenvalue weighted by Crippen LogP contribution is -2.40. The molecule has 206 valence electrons. The zero-order valence-electron chi connectivity index (χ0n) is 21.9. The number of morpholine rings is 1. The van der Waals surface area contributed by atoms with Gasteiger partial charge >= 0.3 is 0 Å². The maximum Gasteiger partial charge on any atom is 0.281 e. The topological polar surface area (TPSA) is 131 Å². The standard InChI is InChI=1S/C26H29N5O6S2/c1-16-14-17(2)31(28-16)26(34)23-21-8-9-29(18(3)32)15-22(21)38-25(23)27-24(33)19-4-6-20(7-5-19)39(35,36)30-10-12-37-13-11-30/h4-7,14H,8-13,15H2,1-3H3,(H,27,33). The zero-order valence-corrected chi connectivity index (χ0v) is 23.5. The number of anilines is 1. The molecule has 11 nitrogen and oxygen atoms in total. The molecule has 13 heteroatoms. The molecule has 1 aromatic carbocycles. The van der Waals surface area contributed by atoms with Gasteiger partial charge in [-0.25, -0.2) is 13.1 Å². The van der Waals surface area contributed by atoms with E-state index in [1.165, 1.54) is 51.5 Å². The Balaban J connectivity index is 1.44. The average molecular weight is 572 g/mol. The molecule has 2 aromatic heterocycles. The van der Waals surface area contributed by atoms with Gasteiger partial charge in [-0.15, -0.1) is 11.3 Å². The van der Waals surface area contributed by atoms with Crippen LogP contribution in [0.15, 0.2) is 35.2 Å². The smallest absolute Gasteiger partial charge is 0.281 e. The van der Waals surface area contributed by atoms with Crippen molar-refractivity contribution < 1.29 is 27.5 Å². The molecule has 0 bridgehead atoms. The molecule has 0 saturated carbocycles. The van der Waals surface area contributed by atoms with Crippen LogP contribution in [0.1, 0.15) is 49.5 Å². The number of fused-ring (bicyclic) bond motifs is 1. The van der Waals surface area contributed by atoms with Gasteiger partial charge in [0.05, 0.1) is 35.9 Å². The second kappa shape index (κ2) is 10.6. The first-order chi connectivity index (χ1) is 18.6. The summed E-state index contributed by atoms with van der Waals surface area (Å²) < 4.78 is 33.8. The molecule has 3 aromatic rings. The van der Waals surface area contributed by atoms with Gasteiger partial charge in [-0.3, -0.25) is 14.4 Å². The van der Waals surface area contributed by atoms with E-state index in [2.05, 4.69) is 10.4 Å². The van der Waals surface area contributed by atoms with Gasteiger partial charge < -0.3 is 15.0 Å². The Morgan fingerprint density at radius 1 is 1.05 bits per heavy atom. The summed E-state index contributed by atoms with van der Waals surface area (Å²) in [5.41, 5.74) is 2.79. The summed E-state index contributed by atoms with van der Waals surface area (Å²) in [6.45, 7) is 7.17. The minimum Gasteiger partial charge on any atom is -0.379 e. The molecule has 2 amide bonds. The highest BCUT2D eigenvalue weighted by atomic mass is 32.2. The molecule has 0 atom stereocenters. The predicted molar refractivity (Wildman–Crippen MR) is 145 cm³/mol. The third-order valence-corrected chi connectivity index (χ3v) is 9.91. The summed E-state index contributed by atoms with van der Waals surface area (Å²) in [5, 5.41) is 7.57. The summed E-state index contributed by atoms with van der Waals surface area (Å²) in [5.74, 6) is -0.885. The molecule has 39 heavy (non-hydrogen) atoms. The van der Waals surface area contributed by atoms with E-state index in [0.717, 1.165) is 10.4 Å². The number of nitrogens with zero attached hydrogens (tertiary/aromatic N) is 4. The number of rotatable bonds is 5. The third-order valence-electron chi connectivity index (χ3n) is 6.87. The summed E-state index contributed by atoms with van der Waals surface area (Å²) in [4.78, 5) is 41.6. The molecule has 5 rings (SSSR count). The van der Waals surface area contributed by atoms with Gasteiger partial charge in [-0.1, -0.05) is 0 Å². The lowest BCUT2D eigenvalue weighted by Gasteiger charge is -2.26. The van der Waals surface area contributed by atoms with E-state index >= 15 is 0 Å². The van der Waals surface area contributed by atoms with E-state index in [1.54, 1.807) is 24.8 Å². The second-order valence-electron chi connectivity index (χ2n) is 9.54. The molecule has 1 saturated heterocycles. The van der Waals surface area contributed by atoms with E-state index in [4.69, 9.17) is 4.74 Å². The van der Waals surface area contributed by atoms with Crippen LogP contribution in [0.4, 0.5) is 5.00 Å². The maximum atomic E-state index is 13.7. The molecular formula is C26H29N5O6S2. The molecule has 4 heterocycles. The number of hydrogen-bond acceptors (Lipinski definition) is 8. The van der Waals surface area contributed by atoms with Gasteiger partial charge in [-0.2, -0.15) is 9.40 Å². The van der Waals surface area contributed by atoms with E-state index in [1.807, 2.05) is 0 Å². The van der Waals surface area contributed by atoms with Crippen LogP contribution in [0.2, 0.25) is 0 Å². The first-order valence-electron chi connectivity index (χ1n) is 12.5. The average Bonchev–Trinajstić information content (AvgIpc) is 3.46. The van der Waals surface area contributed by atoms with Gasteiger partial charge in [0.15, 0.2) is 0 Å². The number of ether oxygens (including phenoxy) is 1. The Morgan fingerprint density at radius 3 is 2.36 bits per heavy atom. The molecule has 2 aliphatic heterocycles. The maximum absolute atomic E-state index is 13.7. The lowest BCUT2D eigenvalue weighted by molar-refractivity contribution is -0.129. The fourth-order valence-electron chi connectivity index (χ4n) is 4.82. The van der Waals surface area contributed by atoms with E-state index in [9.17, 15) is 22.8 Å². The predicted octanol–water partition coefficient (Wildman–Crippen LogP) is 2.43. The summed E-state index contributed by atoms with van der Waals surface area (Å²) in [6, 6.07) is 7.53. The Morgan fingerprint density at radius 2 is 1.74 bits per heavy atom. The van der Waals surface area contributed by atoms with Crippen molar-refractivity contribution in [1.29, 1.82) is 0 Å². The number of thiophene rings is 1. The number of aryl methyl sites for hydroxylation is 2. The van der Waals surface area contributed by atoms with Crippen molar-refractivity contribution in [3.63, 3.8) is 0 Å². The Kier molecular flexibility index (Phi) is 7.42. The van der Waals surface area contributed by atoms with E-state index in [0.29, 0.717) is 54.7 Å². The van der Waals surface area contributed by atoms with Crippen LogP contribution >= 0.6 is 11.3 Å². The molecule has 0 radical (unpaired) electrons. The van der Waals surface area contributed by atoms with Crippen LogP contribution in [-0.4, -0.2) is 78.0 Å². The number of hydrogen-bond donors (Lipinski definition) is 1. The first-order valence-corrected chi connectivity index (χ1v) is 14.8. The van der Waals surface area contributed by atoms with Crippen molar-refractivity contribution in [1.82, 2.24) is 19.0 Å². The van der Waals surface area contributed by atoms with Crippen molar-refractivity contribution in [2.24, 2.45) is 0 Å². The highest BCUT2D eigenvalue weighted by Gasteiger charge is 2.31. The van der Waals surface area contributed by atoms with Gasteiger partial charge in [0.25, 0.3) is 11.8 Å². The normalized spacial score (nSPS) is 16.1. The number of sulfonamides is 1. The van der Waals surface area contributed by atoms with Crippen LogP contribution < -0.4 is 5.32 Å². The van der Waals surface area contributed by atoms with Crippen molar-refractivity contribution in [3.05, 3.63) is 63.3 Å². The molecule has 0 spiro atoms. The van der Waals surface area contributed by atoms with Crippen molar-refractivity contribution in [3.8, 4) is 0 Å². The second-order valence-corrected chi connectivity index (χ2v) is 12.6. The number of nitrogens with one attached hydrogen (secondary N) is 1. The minimum atomic E-state index is -3.69. The molecular weight excluding hydrogens is 542 g/mol.